The number of anilines is 2. The molecule has 0 atom stereocenters. The Labute approximate surface area is 207 Å². The van der Waals surface area contributed by atoms with Crippen LogP contribution in [-0.2, 0) is 10.8 Å². The zero-order valence-corrected chi connectivity index (χ0v) is 18.3. The third-order valence-corrected chi connectivity index (χ3v) is 4.99. The topological polar surface area (TPSA) is 63.6 Å². The number of rotatable bonds is 4. The van der Waals surface area contributed by atoms with Crippen molar-refractivity contribution in [2.45, 2.75) is 54.8 Å². The van der Waals surface area contributed by atoms with Gasteiger partial charge in [0.05, 0.1) is 0 Å². The molecule has 0 aliphatic heterocycles. The Morgan fingerprint density at radius 1 is 0.475 bits per heavy atom. The molecule has 2 aromatic heterocycles. The maximum atomic E-state index is 13.6. The molecule has 2 aromatic rings. The second kappa shape index (κ2) is 9.38. The van der Waals surface area contributed by atoms with Crippen molar-refractivity contribution in [1.82, 2.24) is 19.9 Å². The molecule has 5 nitrogen and oxygen atoms in total. The first-order valence-corrected chi connectivity index (χ1v) is 9.43. The van der Waals surface area contributed by atoms with Crippen LogP contribution in [0.1, 0.15) is 17.3 Å². The van der Waals surface area contributed by atoms with Crippen LogP contribution in [0.5, 0.6) is 0 Å². The van der Waals surface area contributed by atoms with Gasteiger partial charge in [0, 0.05) is 5.69 Å². The average Bonchev–Trinajstić information content (AvgIpc) is 2.61. The lowest BCUT2D eigenvalue weighted by molar-refractivity contribution is -0.391. The maximum Gasteiger partial charge on any atom is 0.419 e. The van der Waals surface area contributed by atoms with E-state index in [9.17, 15) is 79.0 Å². The molecule has 1 N–H and O–H groups in total. The first-order chi connectivity index (χ1) is 17.6. The zero-order chi connectivity index (χ0) is 31.5. The number of halogens is 18. The number of alkyl halides is 18. The van der Waals surface area contributed by atoms with Gasteiger partial charge >= 0.3 is 47.9 Å². The lowest BCUT2D eigenvalue weighted by Crippen LogP contribution is -2.66. The molecule has 0 aliphatic rings. The van der Waals surface area contributed by atoms with Crippen LogP contribution >= 0.6 is 0 Å². The van der Waals surface area contributed by atoms with E-state index in [1.807, 2.05) is 0 Å². The summed E-state index contributed by atoms with van der Waals surface area (Å²) in [7, 11) is 0. The molecule has 0 radical (unpaired) electrons. The van der Waals surface area contributed by atoms with Crippen LogP contribution in [0.4, 0.5) is 90.8 Å². The fourth-order valence-electron chi connectivity index (χ4n) is 3.22. The van der Waals surface area contributed by atoms with Gasteiger partial charge in [0.1, 0.15) is 5.82 Å². The van der Waals surface area contributed by atoms with E-state index >= 15 is 0 Å². The Morgan fingerprint density at radius 2 is 0.800 bits per heavy atom. The van der Waals surface area contributed by atoms with Gasteiger partial charge < -0.3 is 5.32 Å². The molecule has 0 bridgehead atoms. The van der Waals surface area contributed by atoms with E-state index in [1.54, 1.807) is 0 Å². The smallest absolute Gasteiger partial charge is 0.309 e. The molecule has 0 saturated carbocycles. The molecule has 0 aliphatic carbocycles. The van der Waals surface area contributed by atoms with Crippen molar-refractivity contribution >= 4 is 11.8 Å². The normalized spacial score (nSPS) is 14.9. The summed E-state index contributed by atoms with van der Waals surface area (Å²) >= 11 is 0. The average molecular weight is 623 g/mol. The summed E-state index contributed by atoms with van der Waals surface area (Å²) in [5, 5.41) is 1.30. The molecule has 0 aromatic carbocycles. The Balaban J connectivity index is 3.28. The highest BCUT2D eigenvalue weighted by Crippen LogP contribution is 2.62. The number of pyridine rings is 1. The van der Waals surface area contributed by atoms with E-state index in [2.05, 4.69) is 15.0 Å². The Morgan fingerprint density at radius 3 is 1.07 bits per heavy atom. The Hall–Kier alpha value is -3.30. The maximum absolute atomic E-state index is 13.6. The number of aryl methyl sites for hydroxylation is 1. The van der Waals surface area contributed by atoms with Gasteiger partial charge in [-0.15, -0.1) is 0 Å². The molecule has 0 spiro atoms. The zero-order valence-electron chi connectivity index (χ0n) is 18.3. The summed E-state index contributed by atoms with van der Waals surface area (Å²) in [6, 6.07) is 2.69. The minimum Gasteiger partial charge on any atom is -0.309 e. The Kier molecular flexibility index (Phi) is 7.72. The second-order valence-corrected chi connectivity index (χ2v) is 7.58. The molecule has 226 valence electrons. The second-order valence-electron chi connectivity index (χ2n) is 7.58. The molecule has 40 heavy (non-hydrogen) atoms. The minimum atomic E-state index is -7.75. The first kappa shape index (κ1) is 32.9. The van der Waals surface area contributed by atoms with Crippen LogP contribution in [0.15, 0.2) is 18.2 Å². The van der Waals surface area contributed by atoms with E-state index in [0.717, 1.165) is 19.1 Å². The number of hydrogen-bond acceptors (Lipinski definition) is 5. The number of nitrogens with zero attached hydrogens (tertiary/aromatic N) is 4. The third kappa shape index (κ3) is 5.01. The van der Waals surface area contributed by atoms with E-state index in [4.69, 9.17) is 0 Å². The predicted molar refractivity (Wildman–Crippen MR) is 91.8 cm³/mol. The molecule has 2 rings (SSSR count). The van der Waals surface area contributed by atoms with Crippen molar-refractivity contribution in [3.05, 3.63) is 35.5 Å². The summed E-state index contributed by atoms with van der Waals surface area (Å²) in [5.74, 6) is -11.4. The quantitative estimate of drug-likeness (QED) is 0.366. The van der Waals surface area contributed by atoms with Crippen LogP contribution in [0.2, 0.25) is 0 Å². The van der Waals surface area contributed by atoms with Crippen LogP contribution in [0.25, 0.3) is 0 Å². The molecule has 2 heterocycles. The van der Waals surface area contributed by atoms with E-state index < -0.39 is 71.3 Å². The predicted octanol–water partition coefficient (Wildman–Crippen LogP) is 7.17. The van der Waals surface area contributed by atoms with Gasteiger partial charge in [-0.05, 0) is 19.1 Å². The monoisotopic (exact) mass is 623 g/mol. The lowest BCUT2D eigenvalue weighted by atomic mass is 9.82. The fraction of sp³-hybridized carbons (Fsp3) is 0.529. The number of aromatic nitrogens is 4. The van der Waals surface area contributed by atoms with E-state index in [-0.39, 0.29) is 5.69 Å². The van der Waals surface area contributed by atoms with Crippen LogP contribution < -0.4 is 5.32 Å². The third-order valence-electron chi connectivity index (χ3n) is 4.99. The minimum absolute atomic E-state index is 0.134. The van der Waals surface area contributed by atoms with Crippen molar-refractivity contribution in [3.63, 3.8) is 0 Å². The first-order valence-electron chi connectivity index (χ1n) is 9.43. The molecule has 0 unspecified atom stereocenters. The van der Waals surface area contributed by atoms with Gasteiger partial charge in [0.25, 0.3) is 0 Å². The summed E-state index contributed by atoms with van der Waals surface area (Å²) < 4.78 is 244. The largest absolute Gasteiger partial charge is 0.419 e. The van der Waals surface area contributed by atoms with Gasteiger partial charge in [0.2, 0.25) is 5.95 Å². The summed E-state index contributed by atoms with van der Waals surface area (Å²) in [4.78, 5) is 8.84. The number of hydrogen-bond donors (Lipinski definition) is 1. The molecule has 0 saturated heterocycles. The van der Waals surface area contributed by atoms with Crippen molar-refractivity contribution in [1.29, 1.82) is 0 Å². The highest BCUT2D eigenvalue weighted by Gasteiger charge is 2.89. The van der Waals surface area contributed by atoms with Crippen LogP contribution in [-0.4, -0.2) is 57.0 Å². The highest BCUT2D eigenvalue weighted by atomic mass is 19.4. The fourth-order valence-corrected chi connectivity index (χ4v) is 3.22. The van der Waals surface area contributed by atoms with Gasteiger partial charge in [-0.3, -0.25) is 0 Å². The van der Waals surface area contributed by atoms with E-state index in [0.29, 0.717) is 6.07 Å². The van der Waals surface area contributed by atoms with E-state index in [1.165, 1.54) is 10.3 Å². The Bertz CT molecular complexity index is 1080. The number of nitrogens with one attached hydrogen (secondary N) is 1. The standard InChI is InChI=1S/C17H7F18N5/c1-5-3-2-4-6(36-5)37-9-39-7(10(12(18,19)20,13(21,22)23)14(24,25)26)38-8(40-9)11(15(27,28)29,16(30,31)32)17(33,34)35/h2-4H,1H3,(H,36,37,38,39,40). The SMILES string of the molecule is Cc1cccc(Nc2nc(C(C(F)(F)F)(C(F)(F)F)C(F)(F)F)nc(C(C(F)(F)F)(C(F)(F)F)C(F)(F)F)n2)n1. The van der Waals surface area contributed by atoms with Gasteiger partial charge in [-0.25, -0.2) is 9.97 Å². The summed E-state index contributed by atoms with van der Waals surface area (Å²) in [6.07, 6.45) is -46.5. The van der Waals surface area contributed by atoms with Crippen molar-refractivity contribution < 1.29 is 79.0 Å². The van der Waals surface area contributed by atoms with Crippen molar-refractivity contribution in [2.24, 2.45) is 0 Å². The van der Waals surface area contributed by atoms with Gasteiger partial charge in [0.15, 0.2) is 11.6 Å². The van der Waals surface area contributed by atoms with Gasteiger partial charge in [-0.1, -0.05) is 6.07 Å². The lowest BCUT2D eigenvalue weighted by Gasteiger charge is -2.39. The molecule has 23 heteroatoms. The summed E-state index contributed by atoms with van der Waals surface area (Å²) in [5.41, 5.74) is -15.1. The van der Waals surface area contributed by atoms with Gasteiger partial charge in [-0.2, -0.15) is 89.0 Å². The molecule has 0 amide bonds. The summed E-state index contributed by atoms with van der Waals surface area (Å²) in [6.45, 7) is 1.11. The van der Waals surface area contributed by atoms with Crippen LogP contribution in [0, 0.1) is 6.92 Å². The van der Waals surface area contributed by atoms with Crippen molar-refractivity contribution in [3.8, 4) is 0 Å². The molecule has 0 fully saturated rings. The highest BCUT2D eigenvalue weighted by molar-refractivity contribution is 5.48. The molecular formula is C17H7F18N5. The van der Waals surface area contributed by atoms with Crippen molar-refractivity contribution in [2.75, 3.05) is 5.32 Å². The molecular weight excluding hydrogens is 616 g/mol. The van der Waals surface area contributed by atoms with Crippen LogP contribution in [0.3, 0.4) is 0 Å².